The first-order valence-electron chi connectivity index (χ1n) is 8.49. The van der Waals surface area contributed by atoms with Crippen LogP contribution in [0.15, 0.2) is 82.6 Å². The van der Waals surface area contributed by atoms with E-state index in [-0.39, 0.29) is 17.3 Å². The number of allylic oxidation sites excluding steroid dienone is 1. The molecule has 0 aliphatic heterocycles. The van der Waals surface area contributed by atoms with Crippen molar-refractivity contribution in [1.29, 1.82) is 5.26 Å². The lowest BCUT2D eigenvalue weighted by molar-refractivity contribution is 0.300. The van der Waals surface area contributed by atoms with Crippen LogP contribution in [0.3, 0.4) is 0 Å². The lowest BCUT2D eigenvalue weighted by atomic mass is 10.2. The zero-order valence-corrected chi connectivity index (χ0v) is 16.6. The highest BCUT2D eigenvalue weighted by atomic mass is 35.5. The number of rotatable bonds is 6. The molecule has 146 valence electrons. The van der Waals surface area contributed by atoms with Gasteiger partial charge in [0.05, 0.1) is 4.90 Å². The molecule has 4 nitrogen and oxygen atoms in total. The molecule has 3 aromatic rings. The fraction of sp³-hybridized carbons (Fsp3) is 0.0455. The Balaban J connectivity index is 1.85. The summed E-state index contributed by atoms with van der Waals surface area (Å²) in [5.74, 6) is 0.0487. The molecule has 0 saturated carbocycles. The minimum Gasteiger partial charge on any atom is -0.489 e. The fourth-order valence-corrected chi connectivity index (χ4v) is 3.82. The van der Waals surface area contributed by atoms with Crippen molar-refractivity contribution in [2.75, 3.05) is 0 Å². The molecule has 0 aromatic heterocycles. The highest BCUT2D eigenvalue weighted by molar-refractivity contribution is 7.95. The maximum absolute atomic E-state index is 13.7. The van der Waals surface area contributed by atoms with Gasteiger partial charge in [-0.3, -0.25) is 0 Å². The molecule has 0 unspecified atom stereocenters. The van der Waals surface area contributed by atoms with E-state index in [9.17, 15) is 18.1 Å². The number of ether oxygens (including phenoxy) is 1. The third-order valence-electron chi connectivity index (χ3n) is 4.03. The topological polar surface area (TPSA) is 67.2 Å². The number of hydrogen-bond acceptors (Lipinski definition) is 4. The molecule has 0 bridgehead atoms. The van der Waals surface area contributed by atoms with Crippen molar-refractivity contribution in [2.45, 2.75) is 11.5 Å². The number of sulfone groups is 1. The zero-order valence-electron chi connectivity index (χ0n) is 15.0. The second-order valence-electron chi connectivity index (χ2n) is 6.03. The van der Waals surface area contributed by atoms with Crippen molar-refractivity contribution in [2.24, 2.45) is 0 Å². The summed E-state index contributed by atoms with van der Waals surface area (Å²) in [5, 5.41) is 9.79. The van der Waals surface area contributed by atoms with Crippen LogP contribution in [0, 0.1) is 17.1 Å². The molecular formula is C22H15ClFNO3S. The van der Waals surface area contributed by atoms with Crippen LogP contribution in [0.5, 0.6) is 5.75 Å². The van der Waals surface area contributed by atoms with Gasteiger partial charge in [0.15, 0.2) is 0 Å². The highest BCUT2D eigenvalue weighted by Gasteiger charge is 2.20. The quantitative estimate of drug-likeness (QED) is 0.494. The van der Waals surface area contributed by atoms with E-state index >= 15 is 0 Å². The summed E-state index contributed by atoms with van der Waals surface area (Å²) in [4.78, 5) is -0.437. The minimum atomic E-state index is -3.99. The van der Waals surface area contributed by atoms with Gasteiger partial charge in [-0.25, -0.2) is 12.8 Å². The van der Waals surface area contributed by atoms with Gasteiger partial charge < -0.3 is 4.74 Å². The minimum absolute atomic E-state index is 0.0218. The van der Waals surface area contributed by atoms with Gasteiger partial charge in [-0.1, -0.05) is 41.9 Å². The maximum atomic E-state index is 13.7. The third-order valence-corrected chi connectivity index (χ3v) is 5.96. The van der Waals surface area contributed by atoms with Crippen LogP contribution in [-0.2, 0) is 16.4 Å². The van der Waals surface area contributed by atoms with Gasteiger partial charge in [-0.2, -0.15) is 5.26 Å². The second kappa shape index (κ2) is 8.91. The Labute approximate surface area is 173 Å². The number of nitriles is 1. The smallest absolute Gasteiger partial charge is 0.216 e. The van der Waals surface area contributed by atoms with E-state index in [1.54, 1.807) is 48.5 Å². The molecule has 29 heavy (non-hydrogen) atoms. The van der Waals surface area contributed by atoms with E-state index in [1.165, 1.54) is 36.4 Å². The van der Waals surface area contributed by atoms with Crippen molar-refractivity contribution in [3.8, 4) is 11.8 Å². The van der Waals surface area contributed by atoms with Gasteiger partial charge in [0.2, 0.25) is 9.84 Å². The van der Waals surface area contributed by atoms with Crippen LogP contribution in [0.25, 0.3) is 6.08 Å². The van der Waals surface area contributed by atoms with Crippen LogP contribution in [-0.4, -0.2) is 8.42 Å². The van der Waals surface area contributed by atoms with E-state index in [2.05, 4.69) is 0 Å². The Bertz CT molecular complexity index is 1200. The number of benzene rings is 3. The zero-order chi connectivity index (χ0) is 20.9. The summed E-state index contributed by atoms with van der Waals surface area (Å²) in [5.41, 5.74) is 0.863. The Morgan fingerprint density at radius 3 is 2.48 bits per heavy atom. The lowest BCUT2D eigenvalue weighted by Crippen LogP contribution is -2.03. The summed E-state index contributed by atoms with van der Waals surface area (Å²) in [7, 11) is -3.99. The van der Waals surface area contributed by atoms with Crippen molar-refractivity contribution in [1.82, 2.24) is 0 Å². The van der Waals surface area contributed by atoms with E-state index in [4.69, 9.17) is 16.3 Å². The number of nitrogens with zero attached hydrogens (tertiary/aromatic N) is 1. The SMILES string of the molecule is N#C/C(=C\c1cccc(OCc2ccccc2F)c1)S(=O)(=O)c1ccc(Cl)cc1. The molecule has 0 amide bonds. The summed E-state index contributed by atoms with van der Waals surface area (Å²) in [6.07, 6.45) is 1.26. The molecule has 0 saturated heterocycles. The molecular weight excluding hydrogens is 413 g/mol. The molecule has 0 spiro atoms. The first-order chi connectivity index (χ1) is 13.9. The molecule has 0 heterocycles. The van der Waals surface area contributed by atoms with Crippen LogP contribution in [0.4, 0.5) is 4.39 Å². The maximum Gasteiger partial charge on any atom is 0.216 e. The summed E-state index contributed by atoms with van der Waals surface area (Å²) in [6, 6.07) is 20.1. The van der Waals surface area contributed by atoms with Gasteiger partial charge in [-0.15, -0.1) is 0 Å². The summed E-state index contributed by atoms with van der Waals surface area (Å²) < 4.78 is 44.7. The molecule has 0 N–H and O–H groups in total. The number of halogens is 2. The Morgan fingerprint density at radius 1 is 1.07 bits per heavy atom. The van der Waals surface area contributed by atoms with Gasteiger partial charge in [0.25, 0.3) is 0 Å². The summed E-state index contributed by atoms with van der Waals surface area (Å²) in [6.45, 7) is 0.0218. The molecule has 0 radical (unpaired) electrons. The molecule has 0 aliphatic rings. The third kappa shape index (κ3) is 5.02. The normalized spacial score (nSPS) is 11.7. The first kappa shape index (κ1) is 20.6. The van der Waals surface area contributed by atoms with Crippen molar-refractivity contribution < 1.29 is 17.5 Å². The summed E-state index contributed by atoms with van der Waals surface area (Å²) >= 11 is 5.79. The Morgan fingerprint density at radius 2 is 1.79 bits per heavy atom. The molecule has 0 fully saturated rings. The van der Waals surface area contributed by atoms with Gasteiger partial charge in [0, 0.05) is 10.6 Å². The van der Waals surface area contributed by atoms with Crippen molar-refractivity contribution in [3.63, 3.8) is 0 Å². The highest BCUT2D eigenvalue weighted by Crippen LogP contribution is 2.24. The average Bonchev–Trinajstić information content (AvgIpc) is 2.72. The van der Waals surface area contributed by atoms with E-state index in [1.807, 2.05) is 0 Å². The number of hydrogen-bond donors (Lipinski definition) is 0. The first-order valence-corrected chi connectivity index (χ1v) is 10.3. The van der Waals surface area contributed by atoms with E-state index in [0.29, 0.717) is 21.9 Å². The van der Waals surface area contributed by atoms with E-state index in [0.717, 1.165) is 0 Å². The predicted molar refractivity (Wildman–Crippen MR) is 109 cm³/mol. The second-order valence-corrected chi connectivity index (χ2v) is 8.38. The van der Waals surface area contributed by atoms with Crippen molar-refractivity contribution >= 4 is 27.5 Å². The van der Waals surface area contributed by atoms with Crippen LogP contribution < -0.4 is 4.74 Å². The van der Waals surface area contributed by atoms with Crippen LogP contribution >= 0.6 is 11.6 Å². The molecule has 7 heteroatoms. The lowest BCUT2D eigenvalue weighted by Gasteiger charge is -2.08. The van der Waals surface area contributed by atoms with Crippen molar-refractivity contribution in [3.05, 3.63) is 99.7 Å². The van der Waals surface area contributed by atoms with Gasteiger partial charge >= 0.3 is 0 Å². The van der Waals surface area contributed by atoms with Gasteiger partial charge in [-0.05, 0) is 54.1 Å². The Kier molecular flexibility index (Phi) is 6.32. The average molecular weight is 428 g/mol. The monoisotopic (exact) mass is 427 g/mol. The molecule has 3 aromatic carbocycles. The van der Waals surface area contributed by atoms with E-state index < -0.39 is 14.7 Å². The molecule has 3 rings (SSSR count). The van der Waals surface area contributed by atoms with Crippen LogP contribution in [0.1, 0.15) is 11.1 Å². The van der Waals surface area contributed by atoms with Gasteiger partial charge in [0.1, 0.15) is 29.1 Å². The standard InChI is InChI=1S/C22H15ClFNO3S/c23-18-8-10-20(11-9-18)29(26,27)21(14-25)13-16-4-3-6-19(12-16)28-15-17-5-1-2-7-22(17)24/h1-13H,15H2/b21-13+. The Hall–Kier alpha value is -3.14. The fourth-order valence-electron chi connectivity index (χ4n) is 2.53. The molecule has 0 atom stereocenters. The largest absolute Gasteiger partial charge is 0.489 e. The predicted octanol–water partition coefficient (Wildman–Crippen LogP) is 5.40. The van der Waals surface area contributed by atoms with Crippen LogP contribution in [0.2, 0.25) is 5.02 Å². The molecule has 0 aliphatic carbocycles.